The standard InChI is InChI=1S/C17H24O2/c1-13-8-10-17(11-9-13)15(3)7-5-6-14(2)12-19-16(4)18/h6,8-11,15H,5,7,12H2,1-4H3/b14-6-. The van der Waals surface area contributed by atoms with Crippen molar-refractivity contribution in [2.24, 2.45) is 0 Å². The molecule has 0 radical (unpaired) electrons. The molecule has 0 N–H and O–H groups in total. The minimum Gasteiger partial charge on any atom is -0.461 e. The first-order valence-electron chi connectivity index (χ1n) is 6.84. The summed E-state index contributed by atoms with van der Waals surface area (Å²) in [5.41, 5.74) is 3.80. The van der Waals surface area contributed by atoms with E-state index in [4.69, 9.17) is 4.74 Å². The number of hydrogen-bond acceptors (Lipinski definition) is 2. The quantitative estimate of drug-likeness (QED) is 0.560. The zero-order valence-electron chi connectivity index (χ0n) is 12.4. The Morgan fingerprint density at radius 3 is 2.47 bits per heavy atom. The van der Waals surface area contributed by atoms with Crippen LogP contribution >= 0.6 is 0 Å². The van der Waals surface area contributed by atoms with Crippen molar-refractivity contribution in [1.82, 2.24) is 0 Å². The number of rotatable bonds is 6. The highest BCUT2D eigenvalue weighted by Crippen LogP contribution is 2.21. The fourth-order valence-electron chi connectivity index (χ4n) is 1.92. The van der Waals surface area contributed by atoms with E-state index in [2.05, 4.69) is 44.2 Å². The van der Waals surface area contributed by atoms with Crippen LogP contribution in [-0.4, -0.2) is 12.6 Å². The van der Waals surface area contributed by atoms with Gasteiger partial charge in [0.15, 0.2) is 0 Å². The van der Waals surface area contributed by atoms with Gasteiger partial charge >= 0.3 is 5.97 Å². The Hall–Kier alpha value is -1.57. The first-order valence-corrected chi connectivity index (χ1v) is 6.84. The second-order valence-electron chi connectivity index (χ2n) is 5.22. The topological polar surface area (TPSA) is 26.3 Å². The van der Waals surface area contributed by atoms with Gasteiger partial charge in [0, 0.05) is 6.92 Å². The molecule has 2 heteroatoms. The van der Waals surface area contributed by atoms with Crippen LogP contribution in [0.4, 0.5) is 0 Å². The van der Waals surface area contributed by atoms with Gasteiger partial charge in [-0.05, 0) is 43.7 Å². The molecule has 1 atom stereocenters. The van der Waals surface area contributed by atoms with E-state index in [1.165, 1.54) is 18.1 Å². The molecular weight excluding hydrogens is 236 g/mol. The molecule has 1 aromatic rings. The Morgan fingerprint density at radius 2 is 1.89 bits per heavy atom. The molecule has 1 rings (SSSR count). The van der Waals surface area contributed by atoms with E-state index in [0.29, 0.717) is 12.5 Å². The number of carbonyl (C=O) groups excluding carboxylic acids is 1. The summed E-state index contributed by atoms with van der Waals surface area (Å²) in [5.74, 6) is 0.333. The molecule has 104 valence electrons. The zero-order chi connectivity index (χ0) is 14.3. The van der Waals surface area contributed by atoms with E-state index in [1.54, 1.807) is 0 Å². The molecule has 2 nitrogen and oxygen atoms in total. The van der Waals surface area contributed by atoms with E-state index in [1.807, 2.05) is 6.92 Å². The molecule has 0 bridgehead atoms. The van der Waals surface area contributed by atoms with Crippen LogP contribution in [0.2, 0.25) is 0 Å². The average molecular weight is 260 g/mol. The summed E-state index contributed by atoms with van der Waals surface area (Å²) in [4.78, 5) is 10.7. The van der Waals surface area contributed by atoms with Gasteiger partial charge in [-0.3, -0.25) is 4.79 Å². The van der Waals surface area contributed by atoms with E-state index in [-0.39, 0.29) is 5.97 Å². The molecular formula is C17H24O2. The summed E-state index contributed by atoms with van der Waals surface area (Å²) < 4.78 is 4.95. The van der Waals surface area contributed by atoms with Crippen LogP contribution in [0.1, 0.15) is 50.7 Å². The van der Waals surface area contributed by atoms with E-state index < -0.39 is 0 Å². The second kappa shape index (κ2) is 7.78. The lowest BCUT2D eigenvalue weighted by molar-refractivity contribution is -0.139. The van der Waals surface area contributed by atoms with Crippen LogP contribution < -0.4 is 0 Å². The number of carbonyl (C=O) groups is 1. The molecule has 0 aliphatic carbocycles. The summed E-state index contributed by atoms with van der Waals surface area (Å²) in [5, 5.41) is 0. The lowest BCUT2D eigenvalue weighted by atomic mass is 9.95. The molecule has 0 fully saturated rings. The smallest absolute Gasteiger partial charge is 0.302 e. The fraction of sp³-hybridized carbons (Fsp3) is 0.471. The molecule has 0 heterocycles. The third-order valence-corrected chi connectivity index (χ3v) is 3.24. The number of benzene rings is 1. The predicted molar refractivity (Wildman–Crippen MR) is 79.2 cm³/mol. The molecule has 0 aliphatic rings. The fourth-order valence-corrected chi connectivity index (χ4v) is 1.92. The third-order valence-electron chi connectivity index (χ3n) is 3.24. The van der Waals surface area contributed by atoms with Crippen molar-refractivity contribution in [3.8, 4) is 0 Å². The molecule has 0 aromatic heterocycles. The minimum absolute atomic E-state index is 0.222. The zero-order valence-corrected chi connectivity index (χ0v) is 12.4. The molecule has 1 unspecified atom stereocenters. The second-order valence-corrected chi connectivity index (χ2v) is 5.22. The van der Waals surface area contributed by atoms with Gasteiger partial charge in [-0.15, -0.1) is 0 Å². The van der Waals surface area contributed by atoms with Crippen LogP contribution in [-0.2, 0) is 9.53 Å². The largest absolute Gasteiger partial charge is 0.461 e. The summed E-state index contributed by atoms with van der Waals surface area (Å²) in [6, 6.07) is 8.73. The summed E-state index contributed by atoms with van der Waals surface area (Å²) in [6.45, 7) is 8.20. The Bertz CT molecular complexity index is 429. The van der Waals surface area contributed by atoms with Crippen molar-refractivity contribution in [3.05, 3.63) is 47.0 Å². The summed E-state index contributed by atoms with van der Waals surface area (Å²) >= 11 is 0. The molecule has 0 aliphatic heterocycles. The minimum atomic E-state index is -0.222. The molecule has 0 saturated carbocycles. The van der Waals surface area contributed by atoms with Gasteiger partial charge in [0.25, 0.3) is 0 Å². The highest BCUT2D eigenvalue weighted by Gasteiger charge is 2.04. The number of hydrogen-bond donors (Lipinski definition) is 0. The van der Waals surface area contributed by atoms with Crippen LogP contribution in [0, 0.1) is 6.92 Å². The summed E-state index contributed by atoms with van der Waals surface area (Å²) in [7, 11) is 0. The maximum atomic E-state index is 10.7. The Balaban J connectivity index is 2.37. The summed E-state index contributed by atoms with van der Waals surface area (Å²) in [6.07, 6.45) is 4.29. The first kappa shape index (κ1) is 15.5. The lowest BCUT2D eigenvalue weighted by Gasteiger charge is -2.11. The van der Waals surface area contributed by atoms with Crippen molar-refractivity contribution < 1.29 is 9.53 Å². The van der Waals surface area contributed by atoms with Gasteiger partial charge in [0.2, 0.25) is 0 Å². The van der Waals surface area contributed by atoms with Crippen molar-refractivity contribution in [2.75, 3.05) is 6.61 Å². The monoisotopic (exact) mass is 260 g/mol. The van der Waals surface area contributed by atoms with Crippen molar-refractivity contribution in [3.63, 3.8) is 0 Å². The molecule has 1 aromatic carbocycles. The first-order chi connectivity index (χ1) is 8.99. The SMILES string of the molecule is CC(=O)OC/C(C)=C\CCC(C)c1ccc(C)cc1. The molecule has 19 heavy (non-hydrogen) atoms. The van der Waals surface area contributed by atoms with Gasteiger partial charge in [0.05, 0.1) is 0 Å². The molecule has 0 amide bonds. The Kier molecular flexibility index (Phi) is 6.34. The van der Waals surface area contributed by atoms with E-state index in [9.17, 15) is 4.79 Å². The highest BCUT2D eigenvalue weighted by molar-refractivity contribution is 5.66. The van der Waals surface area contributed by atoms with Gasteiger partial charge in [0.1, 0.15) is 6.61 Å². The van der Waals surface area contributed by atoms with E-state index in [0.717, 1.165) is 18.4 Å². The maximum Gasteiger partial charge on any atom is 0.302 e. The van der Waals surface area contributed by atoms with Crippen molar-refractivity contribution in [1.29, 1.82) is 0 Å². The lowest BCUT2D eigenvalue weighted by Crippen LogP contribution is -2.01. The number of esters is 1. The Labute approximate surface area is 116 Å². The van der Waals surface area contributed by atoms with Gasteiger partial charge < -0.3 is 4.74 Å². The highest BCUT2D eigenvalue weighted by atomic mass is 16.5. The van der Waals surface area contributed by atoms with Gasteiger partial charge in [-0.1, -0.05) is 42.8 Å². The van der Waals surface area contributed by atoms with E-state index >= 15 is 0 Å². The molecule has 0 saturated heterocycles. The van der Waals surface area contributed by atoms with Gasteiger partial charge in [-0.2, -0.15) is 0 Å². The van der Waals surface area contributed by atoms with Crippen molar-refractivity contribution >= 4 is 5.97 Å². The molecule has 0 spiro atoms. The van der Waals surface area contributed by atoms with Gasteiger partial charge in [-0.25, -0.2) is 0 Å². The van der Waals surface area contributed by atoms with Crippen molar-refractivity contribution in [2.45, 2.75) is 46.5 Å². The number of aryl methyl sites for hydroxylation is 1. The van der Waals surface area contributed by atoms with Crippen LogP contribution in [0.25, 0.3) is 0 Å². The Morgan fingerprint density at radius 1 is 1.26 bits per heavy atom. The van der Waals surface area contributed by atoms with Crippen LogP contribution in [0.15, 0.2) is 35.9 Å². The van der Waals surface area contributed by atoms with Crippen LogP contribution in [0.3, 0.4) is 0 Å². The normalized spacial score (nSPS) is 13.2. The number of allylic oxidation sites excluding steroid dienone is 1. The number of ether oxygens (including phenoxy) is 1. The third kappa shape index (κ3) is 6.23. The average Bonchev–Trinajstić information content (AvgIpc) is 2.37. The maximum absolute atomic E-state index is 10.7. The predicted octanol–water partition coefficient (Wildman–Crippen LogP) is 4.39. The van der Waals surface area contributed by atoms with Crippen LogP contribution in [0.5, 0.6) is 0 Å².